The van der Waals surface area contributed by atoms with Gasteiger partial charge in [0.05, 0.1) is 0 Å². The summed E-state index contributed by atoms with van der Waals surface area (Å²) in [5.74, 6) is -0.286. The Hall–Kier alpha value is -1.58. The highest BCUT2D eigenvalue weighted by Crippen LogP contribution is 2.21. The summed E-state index contributed by atoms with van der Waals surface area (Å²) in [5, 5.41) is 2.66. The molecule has 0 saturated carbocycles. The molecule has 0 spiro atoms. The van der Waals surface area contributed by atoms with Crippen LogP contribution in [0, 0.1) is 19.7 Å². The molecular formula is C12H17FN2O. The van der Waals surface area contributed by atoms with Crippen molar-refractivity contribution < 1.29 is 9.18 Å². The van der Waals surface area contributed by atoms with Gasteiger partial charge < -0.3 is 5.32 Å². The predicted molar refractivity (Wildman–Crippen MR) is 63.3 cm³/mol. The van der Waals surface area contributed by atoms with Gasteiger partial charge >= 0.3 is 6.03 Å². The molecule has 1 rings (SSSR count). The Bertz CT molecular complexity index is 381. The van der Waals surface area contributed by atoms with Crippen LogP contribution in [0.3, 0.4) is 0 Å². The average molecular weight is 224 g/mol. The van der Waals surface area contributed by atoms with Gasteiger partial charge in [-0.1, -0.05) is 0 Å². The van der Waals surface area contributed by atoms with Crippen LogP contribution in [0.1, 0.15) is 18.1 Å². The molecule has 0 heterocycles. The number of urea groups is 1. The number of hydrogen-bond donors (Lipinski definition) is 1. The lowest BCUT2D eigenvalue weighted by Crippen LogP contribution is -2.37. The van der Waals surface area contributed by atoms with Gasteiger partial charge in [0.15, 0.2) is 0 Å². The van der Waals surface area contributed by atoms with E-state index in [1.165, 1.54) is 11.0 Å². The summed E-state index contributed by atoms with van der Waals surface area (Å²) in [5.41, 5.74) is 2.02. The summed E-state index contributed by atoms with van der Waals surface area (Å²) in [7, 11) is 1.62. The van der Waals surface area contributed by atoms with Gasteiger partial charge in [-0.3, -0.25) is 4.90 Å². The molecule has 3 nitrogen and oxygen atoms in total. The Balaban J connectivity index is 3.01. The van der Waals surface area contributed by atoms with Crippen LogP contribution in [0.25, 0.3) is 0 Å². The fourth-order valence-corrected chi connectivity index (χ4v) is 1.38. The lowest BCUT2D eigenvalue weighted by atomic mass is 10.1. The zero-order chi connectivity index (χ0) is 12.3. The molecule has 88 valence electrons. The highest BCUT2D eigenvalue weighted by molar-refractivity contribution is 5.91. The first kappa shape index (κ1) is 12.5. The number of carbonyl (C=O) groups excluding carboxylic acids is 1. The molecule has 0 fully saturated rings. The lowest BCUT2D eigenvalue weighted by molar-refractivity contribution is 0.248. The Kier molecular flexibility index (Phi) is 3.88. The summed E-state index contributed by atoms with van der Waals surface area (Å²) >= 11 is 0. The summed E-state index contributed by atoms with van der Waals surface area (Å²) < 4.78 is 13.5. The quantitative estimate of drug-likeness (QED) is 0.822. The fourth-order valence-electron chi connectivity index (χ4n) is 1.38. The van der Waals surface area contributed by atoms with E-state index in [1.54, 1.807) is 20.0 Å². The molecule has 1 aromatic carbocycles. The van der Waals surface area contributed by atoms with Gasteiger partial charge in [-0.2, -0.15) is 0 Å². The van der Waals surface area contributed by atoms with Gasteiger partial charge in [0.2, 0.25) is 0 Å². The minimum atomic E-state index is -0.286. The minimum absolute atomic E-state index is 0.231. The topological polar surface area (TPSA) is 32.3 Å². The first-order chi connectivity index (χ1) is 7.47. The number of nitrogens with zero attached hydrogens (tertiary/aromatic N) is 1. The molecule has 2 amide bonds. The molecule has 0 unspecified atom stereocenters. The van der Waals surface area contributed by atoms with E-state index in [-0.39, 0.29) is 11.8 Å². The van der Waals surface area contributed by atoms with Gasteiger partial charge in [0, 0.05) is 19.3 Å². The molecule has 0 aliphatic heterocycles. The van der Waals surface area contributed by atoms with Crippen LogP contribution in [0.15, 0.2) is 12.1 Å². The monoisotopic (exact) mass is 224 g/mol. The fraction of sp³-hybridized carbons (Fsp3) is 0.417. The molecule has 1 N–H and O–H groups in total. The van der Waals surface area contributed by atoms with Crippen molar-refractivity contribution in [3.8, 4) is 0 Å². The number of aryl methyl sites for hydroxylation is 1. The van der Waals surface area contributed by atoms with E-state index < -0.39 is 0 Å². The SMILES string of the molecule is CCNC(=O)N(C)c1cc(C)c(C)c(F)c1. The van der Waals surface area contributed by atoms with Crippen LogP contribution in [0.4, 0.5) is 14.9 Å². The molecule has 0 aliphatic carbocycles. The number of anilines is 1. The zero-order valence-corrected chi connectivity index (χ0v) is 10.1. The molecule has 0 aliphatic rings. The largest absolute Gasteiger partial charge is 0.338 e. The van der Waals surface area contributed by atoms with Crippen molar-refractivity contribution in [2.45, 2.75) is 20.8 Å². The smallest absolute Gasteiger partial charge is 0.321 e. The summed E-state index contributed by atoms with van der Waals surface area (Å²) in [6, 6.07) is 2.94. The molecule has 0 atom stereocenters. The van der Waals surface area contributed by atoms with E-state index in [2.05, 4.69) is 5.32 Å². The number of rotatable bonds is 2. The van der Waals surface area contributed by atoms with Gasteiger partial charge in [-0.25, -0.2) is 9.18 Å². The Morgan fingerprint density at radius 2 is 2.06 bits per heavy atom. The van der Waals surface area contributed by atoms with E-state index in [0.717, 1.165) is 5.56 Å². The van der Waals surface area contributed by atoms with Crippen molar-refractivity contribution >= 4 is 11.7 Å². The number of carbonyl (C=O) groups is 1. The van der Waals surface area contributed by atoms with Crippen molar-refractivity contribution in [2.75, 3.05) is 18.5 Å². The molecule has 16 heavy (non-hydrogen) atoms. The first-order valence-corrected chi connectivity index (χ1v) is 5.25. The third-order valence-electron chi connectivity index (χ3n) is 2.61. The highest BCUT2D eigenvalue weighted by atomic mass is 19.1. The van der Waals surface area contributed by atoms with Crippen molar-refractivity contribution in [3.63, 3.8) is 0 Å². The molecular weight excluding hydrogens is 207 g/mol. The summed E-state index contributed by atoms with van der Waals surface area (Å²) in [4.78, 5) is 12.9. The normalized spacial score (nSPS) is 10.1. The van der Waals surface area contributed by atoms with E-state index in [1.807, 2.05) is 13.8 Å². The molecule has 0 radical (unpaired) electrons. The lowest BCUT2D eigenvalue weighted by Gasteiger charge is -2.19. The molecule has 0 saturated heterocycles. The molecule has 0 bridgehead atoms. The molecule has 0 aromatic heterocycles. The average Bonchev–Trinajstić information content (AvgIpc) is 2.24. The van der Waals surface area contributed by atoms with Crippen molar-refractivity contribution in [1.29, 1.82) is 0 Å². The van der Waals surface area contributed by atoms with Crippen LogP contribution in [0.5, 0.6) is 0 Å². The van der Waals surface area contributed by atoms with Gasteiger partial charge in [-0.15, -0.1) is 0 Å². The van der Waals surface area contributed by atoms with E-state index in [4.69, 9.17) is 0 Å². The maximum absolute atomic E-state index is 13.5. The second-order valence-corrected chi connectivity index (χ2v) is 3.76. The maximum atomic E-state index is 13.5. The third kappa shape index (κ3) is 2.51. The van der Waals surface area contributed by atoms with Gasteiger partial charge in [0.1, 0.15) is 5.82 Å². The van der Waals surface area contributed by atoms with Crippen LogP contribution in [-0.4, -0.2) is 19.6 Å². The first-order valence-electron chi connectivity index (χ1n) is 5.25. The van der Waals surface area contributed by atoms with Gasteiger partial charge in [0.25, 0.3) is 0 Å². The van der Waals surface area contributed by atoms with Crippen molar-refractivity contribution in [1.82, 2.24) is 5.32 Å². The number of amides is 2. The van der Waals surface area contributed by atoms with Crippen LogP contribution in [0.2, 0.25) is 0 Å². The van der Waals surface area contributed by atoms with Crippen LogP contribution in [-0.2, 0) is 0 Å². The van der Waals surface area contributed by atoms with E-state index in [9.17, 15) is 9.18 Å². The molecule has 4 heteroatoms. The van der Waals surface area contributed by atoms with E-state index in [0.29, 0.717) is 17.8 Å². The zero-order valence-electron chi connectivity index (χ0n) is 10.1. The van der Waals surface area contributed by atoms with Crippen molar-refractivity contribution in [3.05, 3.63) is 29.1 Å². The summed E-state index contributed by atoms with van der Waals surface area (Å²) in [6.45, 7) is 5.94. The van der Waals surface area contributed by atoms with Crippen LogP contribution < -0.4 is 10.2 Å². The Labute approximate surface area is 95.3 Å². The van der Waals surface area contributed by atoms with Crippen molar-refractivity contribution in [2.24, 2.45) is 0 Å². The van der Waals surface area contributed by atoms with E-state index >= 15 is 0 Å². The number of halogens is 1. The van der Waals surface area contributed by atoms with Crippen LogP contribution >= 0.6 is 0 Å². The number of nitrogens with one attached hydrogen (secondary N) is 1. The van der Waals surface area contributed by atoms with Gasteiger partial charge in [-0.05, 0) is 44.0 Å². The standard InChI is InChI=1S/C12H17FN2O/c1-5-14-12(16)15(4)10-6-8(2)9(3)11(13)7-10/h6-7H,5H2,1-4H3,(H,14,16). The Morgan fingerprint density at radius 3 is 2.56 bits per heavy atom. The number of benzene rings is 1. The second kappa shape index (κ2) is 4.96. The second-order valence-electron chi connectivity index (χ2n) is 3.76. The third-order valence-corrected chi connectivity index (χ3v) is 2.61. The highest BCUT2D eigenvalue weighted by Gasteiger charge is 2.12. The summed E-state index contributed by atoms with van der Waals surface area (Å²) in [6.07, 6.45) is 0. The predicted octanol–water partition coefficient (Wildman–Crippen LogP) is 2.61. The minimum Gasteiger partial charge on any atom is -0.338 e. The number of hydrogen-bond acceptors (Lipinski definition) is 1. The maximum Gasteiger partial charge on any atom is 0.321 e. The molecule has 1 aromatic rings. The Morgan fingerprint density at radius 1 is 1.44 bits per heavy atom.